The van der Waals surface area contributed by atoms with Crippen LogP contribution in [0.15, 0.2) is 91.3 Å². The summed E-state index contributed by atoms with van der Waals surface area (Å²) >= 11 is 0. The van der Waals surface area contributed by atoms with Crippen LogP contribution in [0.1, 0.15) is 5.56 Å². The van der Waals surface area contributed by atoms with Crippen molar-refractivity contribution in [1.29, 1.82) is 0 Å². The average molecular weight is 383 g/mol. The van der Waals surface area contributed by atoms with E-state index in [2.05, 4.69) is 10.6 Å². The lowest BCUT2D eigenvalue weighted by Gasteiger charge is -2.10. The summed E-state index contributed by atoms with van der Waals surface area (Å²) in [6.07, 6.45) is 4.11. The van der Waals surface area contributed by atoms with Crippen LogP contribution in [-0.2, 0) is 16.0 Å². The van der Waals surface area contributed by atoms with Gasteiger partial charge in [-0.1, -0.05) is 48.5 Å². The van der Waals surface area contributed by atoms with Gasteiger partial charge in [0.1, 0.15) is 0 Å². The van der Waals surface area contributed by atoms with E-state index in [0.717, 1.165) is 22.0 Å². The van der Waals surface area contributed by atoms with Crippen LogP contribution in [0.2, 0.25) is 0 Å². The number of nitrogens with zero attached hydrogens (tertiary/aromatic N) is 1. The zero-order valence-electron chi connectivity index (χ0n) is 15.8. The number of fused-ring (bicyclic) bond motifs is 1. The van der Waals surface area contributed by atoms with Crippen molar-refractivity contribution in [3.8, 4) is 5.69 Å². The Balaban J connectivity index is 1.34. The summed E-state index contributed by atoms with van der Waals surface area (Å²) in [6.45, 7) is -0.0721. The molecule has 5 nitrogen and oxygen atoms in total. The van der Waals surface area contributed by atoms with Crippen molar-refractivity contribution in [3.05, 3.63) is 96.8 Å². The summed E-state index contributed by atoms with van der Waals surface area (Å²) in [4.78, 5) is 24.6. The first kappa shape index (κ1) is 18.5. The van der Waals surface area contributed by atoms with Crippen molar-refractivity contribution in [1.82, 2.24) is 9.88 Å². The fraction of sp³-hybridized carbons (Fsp3) is 0.0833. The molecule has 0 atom stereocenters. The number of carbonyl (C=O) groups is 2. The highest BCUT2D eigenvalue weighted by Gasteiger charge is 2.09. The van der Waals surface area contributed by atoms with Crippen molar-refractivity contribution in [2.45, 2.75) is 6.42 Å². The molecule has 0 radical (unpaired) electrons. The Hall–Kier alpha value is -3.86. The van der Waals surface area contributed by atoms with Crippen LogP contribution >= 0.6 is 0 Å². The predicted molar refractivity (Wildman–Crippen MR) is 115 cm³/mol. The molecule has 1 heterocycles. The number of nitrogens with one attached hydrogen (secondary N) is 2. The van der Waals surface area contributed by atoms with Gasteiger partial charge in [0.15, 0.2) is 0 Å². The Morgan fingerprint density at radius 3 is 2.41 bits per heavy atom. The molecule has 0 saturated heterocycles. The molecule has 0 fully saturated rings. The Labute approximate surface area is 169 Å². The molecule has 3 aromatic carbocycles. The molecule has 4 rings (SSSR count). The van der Waals surface area contributed by atoms with Crippen LogP contribution in [-0.4, -0.2) is 22.9 Å². The Bertz CT molecular complexity index is 1140. The van der Waals surface area contributed by atoms with E-state index in [9.17, 15) is 9.59 Å². The van der Waals surface area contributed by atoms with Gasteiger partial charge in [-0.3, -0.25) is 9.59 Å². The average Bonchev–Trinajstić information content (AvgIpc) is 3.28. The molecule has 29 heavy (non-hydrogen) atoms. The highest BCUT2D eigenvalue weighted by molar-refractivity contribution is 5.96. The van der Waals surface area contributed by atoms with Crippen LogP contribution in [0.4, 0.5) is 5.69 Å². The molecule has 0 unspecified atom stereocenters. The summed E-state index contributed by atoms with van der Waals surface area (Å²) in [5.74, 6) is -0.446. The number of anilines is 1. The lowest BCUT2D eigenvalue weighted by Crippen LogP contribution is -2.33. The summed E-state index contributed by atoms with van der Waals surface area (Å²) in [7, 11) is 0. The molecule has 0 aliphatic heterocycles. The van der Waals surface area contributed by atoms with Gasteiger partial charge in [-0.25, -0.2) is 0 Å². The predicted octanol–water partition coefficient (Wildman–Crippen LogP) is 3.93. The second-order valence-corrected chi connectivity index (χ2v) is 6.78. The van der Waals surface area contributed by atoms with Crippen LogP contribution in [0, 0.1) is 0 Å². The van der Waals surface area contributed by atoms with Gasteiger partial charge in [0.2, 0.25) is 11.8 Å². The molecule has 0 bridgehead atoms. The van der Waals surface area contributed by atoms with Crippen molar-refractivity contribution in [2.75, 3.05) is 11.9 Å². The van der Waals surface area contributed by atoms with Crippen molar-refractivity contribution >= 4 is 28.3 Å². The maximum atomic E-state index is 12.3. The van der Waals surface area contributed by atoms with Gasteiger partial charge in [0, 0.05) is 23.8 Å². The van der Waals surface area contributed by atoms with E-state index in [1.165, 1.54) is 0 Å². The summed E-state index contributed by atoms with van der Waals surface area (Å²) in [5, 5.41) is 7.68. The monoisotopic (exact) mass is 383 g/mol. The first-order valence-electron chi connectivity index (χ1n) is 9.46. The molecule has 2 N–H and O–H groups in total. The minimum Gasteiger partial charge on any atom is -0.347 e. The van der Waals surface area contributed by atoms with Gasteiger partial charge in [-0.15, -0.1) is 0 Å². The summed E-state index contributed by atoms with van der Waals surface area (Å²) in [5.41, 5.74) is 2.58. The molecule has 0 saturated carbocycles. The van der Waals surface area contributed by atoms with Crippen molar-refractivity contribution in [2.24, 2.45) is 0 Å². The number of amides is 2. The molecule has 0 aliphatic carbocycles. The Morgan fingerprint density at radius 1 is 0.793 bits per heavy atom. The highest BCUT2D eigenvalue weighted by Crippen LogP contribution is 2.19. The van der Waals surface area contributed by atoms with Gasteiger partial charge in [-0.05, 0) is 46.7 Å². The third-order valence-electron chi connectivity index (χ3n) is 4.71. The van der Waals surface area contributed by atoms with E-state index in [0.29, 0.717) is 5.69 Å². The second kappa shape index (κ2) is 8.44. The third kappa shape index (κ3) is 4.52. The van der Waals surface area contributed by atoms with Gasteiger partial charge in [0.25, 0.3) is 0 Å². The van der Waals surface area contributed by atoms with E-state index >= 15 is 0 Å². The topological polar surface area (TPSA) is 63.1 Å². The molecule has 2 amide bonds. The lowest BCUT2D eigenvalue weighted by molar-refractivity contribution is -0.123. The highest BCUT2D eigenvalue weighted by atomic mass is 16.2. The third-order valence-corrected chi connectivity index (χ3v) is 4.71. The van der Waals surface area contributed by atoms with Gasteiger partial charge in [-0.2, -0.15) is 0 Å². The first-order valence-corrected chi connectivity index (χ1v) is 9.46. The van der Waals surface area contributed by atoms with Crippen molar-refractivity contribution < 1.29 is 9.59 Å². The van der Waals surface area contributed by atoms with Gasteiger partial charge < -0.3 is 15.2 Å². The van der Waals surface area contributed by atoms with E-state index in [4.69, 9.17) is 0 Å². The SMILES string of the molecule is O=C(Cc1cccc2ccccc12)NCC(=O)Nc1cccc(-n2cccc2)c1. The Morgan fingerprint density at radius 2 is 1.55 bits per heavy atom. The maximum absolute atomic E-state index is 12.3. The molecule has 0 aliphatic rings. The number of carbonyl (C=O) groups excluding carboxylic acids is 2. The fourth-order valence-electron chi connectivity index (χ4n) is 3.32. The molecule has 5 heteroatoms. The number of hydrogen-bond donors (Lipinski definition) is 2. The Kier molecular flexibility index (Phi) is 5.38. The number of hydrogen-bond acceptors (Lipinski definition) is 2. The normalized spacial score (nSPS) is 10.6. The minimum absolute atomic E-state index is 0.0721. The minimum atomic E-state index is -0.263. The van der Waals surface area contributed by atoms with Crippen LogP contribution < -0.4 is 10.6 Å². The van der Waals surface area contributed by atoms with Gasteiger partial charge in [0.05, 0.1) is 13.0 Å². The second-order valence-electron chi connectivity index (χ2n) is 6.78. The van der Waals surface area contributed by atoms with Crippen LogP contribution in [0.3, 0.4) is 0 Å². The van der Waals surface area contributed by atoms with Crippen molar-refractivity contribution in [3.63, 3.8) is 0 Å². The number of rotatable bonds is 6. The van der Waals surface area contributed by atoms with Crippen LogP contribution in [0.5, 0.6) is 0 Å². The molecular formula is C24H21N3O2. The summed E-state index contributed by atoms with van der Waals surface area (Å²) < 4.78 is 1.96. The molecule has 1 aromatic heterocycles. The summed E-state index contributed by atoms with van der Waals surface area (Å²) in [6, 6.07) is 25.3. The van der Waals surface area contributed by atoms with Gasteiger partial charge >= 0.3 is 0 Å². The first-order chi connectivity index (χ1) is 14.2. The molecule has 144 valence electrons. The smallest absolute Gasteiger partial charge is 0.243 e. The fourth-order valence-corrected chi connectivity index (χ4v) is 3.32. The lowest BCUT2D eigenvalue weighted by atomic mass is 10.0. The van der Waals surface area contributed by atoms with E-state index in [1.54, 1.807) is 0 Å². The number of aromatic nitrogens is 1. The molecular weight excluding hydrogens is 362 g/mol. The molecule has 4 aromatic rings. The van der Waals surface area contributed by atoms with E-state index in [-0.39, 0.29) is 24.8 Å². The standard InChI is InChI=1S/C24H21N3O2/c28-23(15-19-9-5-8-18-7-1-2-12-22(18)19)25-17-24(29)26-20-10-6-11-21(16-20)27-13-3-4-14-27/h1-14,16H,15,17H2,(H,25,28)(H,26,29). The van der Waals surface area contributed by atoms with E-state index < -0.39 is 0 Å². The zero-order valence-corrected chi connectivity index (χ0v) is 15.8. The van der Waals surface area contributed by atoms with E-state index in [1.807, 2.05) is 95.8 Å². The number of benzene rings is 3. The zero-order chi connectivity index (χ0) is 20.1. The maximum Gasteiger partial charge on any atom is 0.243 e. The quantitative estimate of drug-likeness (QED) is 0.530. The van der Waals surface area contributed by atoms with Crippen LogP contribution in [0.25, 0.3) is 16.5 Å². The molecule has 0 spiro atoms. The largest absolute Gasteiger partial charge is 0.347 e.